The first-order valence-electron chi connectivity index (χ1n) is 22.6. The number of aliphatic carboxylic acids is 1. The minimum absolute atomic E-state index is 0.0519. The van der Waals surface area contributed by atoms with Crippen molar-refractivity contribution in [1.29, 1.82) is 0 Å². The third-order valence-electron chi connectivity index (χ3n) is 18.2. The third-order valence-corrected chi connectivity index (χ3v) is 19.2. The molecule has 11 atom stereocenters. The molecular formula is C47H73N5O3S. The highest BCUT2D eigenvalue weighted by Crippen LogP contribution is 2.74. The molecule has 1 aromatic heterocycles. The van der Waals surface area contributed by atoms with Crippen molar-refractivity contribution in [2.45, 2.75) is 131 Å². The van der Waals surface area contributed by atoms with Gasteiger partial charge in [0.2, 0.25) is 5.88 Å². The minimum Gasteiger partial charge on any atom is -0.481 e. The smallest absolute Gasteiger partial charge is 0.313 e. The van der Waals surface area contributed by atoms with Gasteiger partial charge in [-0.25, -0.2) is 4.68 Å². The van der Waals surface area contributed by atoms with Gasteiger partial charge in [0.25, 0.3) is 0 Å². The molecule has 5 fully saturated rings. The van der Waals surface area contributed by atoms with Crippen LogP contribution in [0.2, 0.25) is 0 Å². The molecule has 0 aromatic carbocycles. The molecule has 2 heterocycles. The normalized spacial score (nSPS) is 42.0. The Labute approximate surface area is 342 Å². The lowest BCUT2D eigenvalue weighted by Crippen LogP contribution is -2.67. The van der Waals surface area contributed by atoms with Gasteiger partial charge in [-0.05, 0) is 153 Å². The van der Waals surface area contributed by atoms with E-state index < -0.39 is 11.4 Å². The van der Waals surface area contributed by atoms with Crippen LogP contribution in [0, 0.1) is 63.1 Å². The number of nitrogens with one attached hydrogen (secondary N) is 1. The fraction of sp³-hybridized carbons (Fsp3) is 0.809. The highest BCUT2D eigenvalue weighted by atomic mass is 32.2. The van der Waals surface area contributed by atoms with Gasteiger partial charge >= 0.3 is 5.97 Å². The van der Waals surface area contributed by atoms with Crippen molar-refractivity contribution in [3.05, 3.63) is 41.6 Å². The van der Waals surface area contributed by atoms with E-state index in [-0.39, 0.29) is 17.6 Å². The Morgan fingerprint density at radius 1 is 1.02 bits per heavy atom. The van der Waals surface area contributed by atoms with Crippen LogP contribution in [0.15, 0.2) is 41.6 Å². The summed E-state index contributed by atoms with van der Waals surface area (Å²) < 4.78 is 7.76. The van der Waals surface area contributed by atoms with Crippen molar-refractivity contribution in [3.8, 4) is 5.88 Å². The molecule has 7 aliphatic rings. The van der Waals surface area contributed by atoms with E-state index in [0.29, 0.717) is 65.7 Å². The van der Waals surface area contributed by atoms with Crippen LogP contribution < -0.4 is 10.1 Å². The van der Waals surface area contributed by atoms with Crippen LogP contribution in [0.1, 0.15) is 119 Å². The van der Waals surface area contributed by atoms with Crippen molar-refractivity contribution in [2.24, 2.45) is 63.1 Å². The van der Waals surface area contributed by atoms with Gasteiger partial charge in [0, 0.05) is 49.8 Å². The monoisotopic (exact) mass is 788 g/mol. The molecule has 1 aliphatic heterocycles. The number of hydrogen-bond donors (Lipinski definition) is 2. The van der Waals surface area contributed by atoms with E-state index in [2.05, 4.69) is 92.6 Å². The topological polar surface area (TPSA) is 92.5 Å². The molecule has 56 heavy (non-hydrogen) atoms. The number of aromatic nitrogens is 3. The lowest BCUT2D eigenvalue weighted by Gasteiger charge is -2.70. The first kappa shape index (κ1) is 40.7. The maximum atomic E-state index is 12.8. The predicted molar refractivity (Wildman–Crippen MR) is 228 cm³/mol. The summed E-state index contributed by atoms with van der Waals surface area (Å²) in [5, 5.41) is 22.9. The molecule has 1 saturated heterocycles. The lowest BCUT2D eigenvalue weighted by molar-refractivity contribution is -0.201. The van der Waals surface area contributed by atoms with E-state index in [1.54, 1.807) is 10.9 Å². The van der Waals surface area contributed by atoms with Gasteiger partial charge in [-0.2, -0.15) is 11.8 Å². The molecule has 310 valence electrons. The molecule has 0 amide bonds. The number of allylic oxidation sites excluding steroid dienone is 5. The van der Waals surface area contributed by atoms with Gasteiger partial charge in [0.15, 0.2) is 0 Å². The van der Waals surface area contributed by atoms with Crippen molar-refractivity contribution in [1.82, 2.24) is 25.2 Å². The summed E-state index contributed by atoms with van der Waals surface area (Å²) in [7, 11) is 0. The van der Waals surface area contributed by atoms with Crippen molar-refractivity contribution in [2.75, 3.05) is 44.3 Å². The van der Waals surface area contributed by atoms with Gasteiger partial charge in [0.05, 0.1) is 0 Å². The quantitative estimate of drug-likeness (QED) is 0.215. The Morgan fingerprint density at radius 2 is 1.77 bits per heavy atom. The Hall–Kier alpha value is -2.10. The number of carbonyl (C=O) groups is 1. The maximum absolute atomic E-state index is 12.8. The number of aryl methyl sites for hydroxylation is 1. The number of carboxylic acid groups (broad SMARTS) is 1. The SMILES string of the molecule is C=C(C)[C@@H]1CC[C@]2(NCCN3CCSCC3)CC[C@]3(C)[C@H](CC[C@@H]4[C@@H]5[C@@H](CC[C@]43C)C(C)(C)C(C3=CCC(COc4cnnn4CC)(C(=O)O)CC3)=C[C@@H]5C)[C@@H]12. The Kier molecular flexibility index (Phi) is 11.0. The number of fused-ring (bicyclic) bond motifs is 7. The zero-order chi connectivity index (χ0) is 39.7. The Balaban J connectivity index is 1.02. The second kappa shape index (κ2) is 15.2. The van der Waals surface area contributed by atoms with E-state index in [4.69, 9.17) is 4.74 Å². The van der Waals surface area contributed by atoms with Gasteiger partial charge in [-0.1, -0.05) is 64.1 Å². The van der Waals surface area contributed by atoms with Crippen LogP contribution in [0.3, 0.4) is 0 Å². The van der Waals surface area contributed by atoms with Crippen LogP contribution in [0.5, 0.6) is 5.88 Å². The van der Waals surface area contributed by atoms with Crippen LogP contribution in [-0.2, 0) is 11.3 Å². The molecule has 1 aromatic rings. The third kappa shape index (κ3) is 6.49. The minimum atomic E-state index is -0.942. The van der Waals surface area contributed by atoms with Gasteiger partial charge < -0.3 is 20.1 Å². The van der Waals surface area contributed by atoms with Gasteiger partial charge in [-0.15, -0.1) is 5.10 Å². The summed E-state index contributed by atoms with van der Waals surface area (Å²) >= 11 is 2.11. The average molecular weight is 788 g/mol. The largest absolute Gasteiger partial charge is 0.481 e. The molecule has 0 radical (unpaired) electrons. The van der Waals surface area contributed by atoms with E-state index in [0.717, 1.165) is 24.8 Å². The molecule has 8 nitrogen and oxygen atoms in total. The average Bonchev–Trinajstić information content (AvgIpc) is 3.81. The second-order valence-corrected chi connectivity index (χ2v) is 22.0. The van der Waals surface area contributed by atoms with Gasteiger partial charge in [0.1, 0.15) is 18.2 Å². The second-order valence-electron chi connectivity index (χ2n) is 20.8. The molecule has 0 spiro atoms. The summed E-state index contributed by atoms with van der Waals surface area (Å²) in [6.07, 6.45) is 19.0. The van der Waals surface area contributed by atoms with Gasteiger partial charge in [-0.3, -0.25) is 4.79 Å². The predicted octanol–water partition coefficient (Wildman–Crippen LogP) is 9.30. The molecule has 1 unspecified atom stereocenters. The van der Waals surface area contributed by atoms with Crippen molar-refractivity contribution in [3.63, 3.8) is 0 Å². The van der Waals surface area contributed by atoms with Crippen LogP contribution >= 0.6 is 11.8 Å². The Bertz CT molecular complexity index is 1710. The molecule has 6 aliphatic carbocycles. The fourth-order valence-electron chi connectivity index (χ4n) is 14.8. The Morgan fingerprint density at radius 3 is 2.46 bits per heavy atom. The van der Waals surface area contributed by atoms with Crippen molar-refractivity contribution < 1.29 is 14.6 Å². The highest BCUT2D eigenvalue weighted by molar-refractivity contribution is 7.99. The van der Waals surface area contributed by atoms with E-state index in [9.17, 15) is 9.90 Å². The van der Waals surface area contributed by atoms with Crippen LogP contribution in [0.25, 0.3) is 0 Å². The van der Waals surface area contributed by atoms with E-state index in [1.165, 1.54) is 99.2 Å². The number of carboxylic acids is 1. The molecule has 8 rings (SSSR count). The summed E-state index contributed by atoms with van der Waals surface area (Å²) in [6, 6.07) is 0. The first-order chi connectivity index (χ1) is 26.7. The van der Waals surface area contributed by atoms with E-state index in [1.807, 2.05) is 6.92 Å². The maximum Gasteiger partial charge on any atom is 0.313 e. The van der Waals surface area contributed by atoms with Crippen molar-refractivity contribution >= 4 is 17.7 Å². The first-order valence-corrected chi connectivity index (χ1v) is 23.7. The van der Waals surface area contributed by atoms with E-state index >= 15 is 0 Å². The summed E-state index contributed by atoms with van der Waals surface area (Å²) in [5.41, 5.74) is 4.35. The number of ether oxygens (including phenoxy) is 1. The highest BCUT2D eigenvalue weighted by Gasteiger charge is 2.69. The molecule has 9 heteroatoms. The number of hydrogen-bond acceptors (Lipinski definition) is 7. The molecular weight excluding hydrogens is 715 g/mol. The number of rotatable bonds is 11. The lowest BCUT2D eigenvalue weighted by atomic mass is 9.35. The number of thioether (sulfide) groups is 1. The molecule has 2 N–H and O–H groups in total. The summed E-state index contributed by atoms with van der Waals surface area (Å²) in [5.74, 6) is 7.00. The summed E-state index contributed by atoms with van der Waals surface area (Å²) in [4.78, 5) is 15.5. The number of nitrogens with zero attached hydrogens (tertiary/aromatic N) is 4. The zero-order valence-corrected chi connectivity index (χ0v) is 36.7. The van der Waals surface area contributed by atoms with Crippen LogP contribution in [-0.4, -0.2) is 80.8 Å². The molecule has 4 saturated carbocycles. The summed E-state index contributed by atoms with van der Waals surface area (Å²) in [6.45, 7) is 27.7. The fourth-order valence-corrected chi connectivity index (χ4v) is 15.8. The molecule has 0 bridgehead atoms. The zero-order valence-electron chi connectivity index (χ0n) is 35.9. The van der Waals surface area contributed by atoms with Crippen LogP contribution in [0.4, 0.5) is 0 Å². The standard InChI is InChI=1S/C47H73N5O3S/c1-9-52-39(29-49-50-52)55-30-46(42(53)54)17-12-33(13-18-46)38-28-32(4)40-35(43(38,5)6)15-16-44(7)36(40)10-11-37-41-34(31(2)3)14-19-47(41,21-20-45(37,44)8)48-22-23-51-24-26-56-27-25-51/h12,28-29,32,34-37,40-41,48H,2,9-11,13-27,30H2,1,3-8H3,(H,53,54)/t32-,34-,35+,36+,37+,40-,41+,44+,45+,46?,47-/m0/s1.